The van der Waals surface area contributed by atoms with Gasteiger partial charge in [-0.2, -0.15) is 0 Å². The Hall–Kier alpha value is -4.05. The fourth-order valence-electron chi connectivity index (χ4n) is 3.49. The van der Waals surface area contributed by atoms with E-state index in [4.69, 9.17) is 9.26 Å². The molecule has 10 heteroatoms. The Morgan fingerprint density at radius 1 is 1.18 bits per heavy atom. The summed E-state index contributed by atoms with van der Waals surface area (Å²) in [7, 11) is 1.63. The van der Waals surface area contributed by atoms with Crippen molar-refractivity contribution in [2.24, 2.45) is 0 Å². The molecule has 5 aromatic rings. The minimum absolute atomic E-state index is 0.133. The zero-order valence-corrected chi connectivity index (χ0v) is 18.7. The van der Waals surface area contributed by atoms with Crippen molar-refractivity contribution in [1.29, 1.82) is 0 Å². The van der Waals surface area contributed by atoms with E-state index in [0.717, 1.165) is 27.9 Å². The van der Waals surface area contributed by atoms with Gasteiger partial charge >= 0.3 is 0 Å². The van der Waals surface area contributed by atoms with Crippen LogP contribution in [-0.4, -0.2) is 43.7 Å². The largest absolute Gasteiger partial charge is 0.497 e. The van der Waals surface area contributed by atoms with Crippen LogP contribution in [0.3, 0.4) is 0 Å². The van der Waals surface area contributed by atoms with Crippen molar-refractivity contribution in [1.82, 2.24) is 24.9 Å². The molecule has 0 aliphatic rings. The Morgan fingerprint density at radius 3 is 2.76 bits per heavy atom. The fraction of sp³-hybridized carbons (Fsp3) is 0.130. The van der Waals surface area contributed by atoms with Crippen molar-refractivity contribution >= 4 is 34.4 Å². The molecule has 0 radical (unpaired) electrons. The molecule has 5 rings (SSSR count). The number of H-pyrrole nitrogens is 1. The SMILES string of the molecule is COc1ccc(-n2c(SCC(=O)Nc3cc(C)on3)nnc2-c2c[nH]c3ccccc23)cc1. The third-order valence-corrected chi connectivity index (χ3v) is 5.95. The summed E-state index contributed by atoms with van der Waals surface area (Å²) in [6.45, 7) is 1.76. The van der Waals surface area contributed by atoms with Crippen LogP contribution in [0.4, 0.5) is 5.82 Å². The lowest BCUT2D eigenvalue weighted by atomic mass is 10.1. The maximum absolute atomic E-state index is 12.4. The van der Waals surface area contributed by atoms with Gasteiger partial charge in [-0.3, -0.25) is 9.36 Å². The van der Waals surface area contributed by atoms with Crippen LogP contribution in [0.15, 0.2) is 70.5 Å². The quantitative estimate of drug-likeness (QED) is 0.345. The van der Waals surface area contributed by atoms with E-state index in [1.807, 2.05) is 59.3 Å². The summed E-state index contributed by atoms with van der Waals surface area (Å²) in [6.07, 6.45) is 1.92. The molecule has 0 aliphatic carbocycles. The molecule has 1 amide bonds. The lowest BCUT2D eigenvalue weighted by Gasteiger charge is -2.11. The molecule has 0 bridgehead atoms. The van der Waals surface area contributed by atoms with Crippen LogP contribution >= 0.6 is 11.8 Å². The smallest absolute Gasteiger partial charge is 0.236 e. The number of carbonyl (C=O) groups is 1. The second-order valence-electron chi connectivity index (χ2n) is 7.25. The molecular weight excluding hydrogens is 440 g/mol. The highest BCUT2D eigenvalue weighted by Gasteiger charge is 2.20. The summed E-state index contributed by atoms with van der Waals surface area (Å²) in [4.78, 5) is 15.7. The van der Waals surface area contributed by atoms with Gasteiger partial charge in [-0.25, -0.2) is 0 Å². The van der Waals surface area contributed by atoms with Gasteiger partial charge in [0.1, 0.15) is 11.5 Å². The van der Waals surface area contributed by atoms with E-state index in [2.05, 4.69) is 25.7 Å². The summed E-state index contributed by atoms with van der Waals surface area (Å²) >= 11 is 1.29. The summed E-state index contributed by atoms with van der Waals surface area (Å²) < 4.78 is 12.2. The standard InChI is InChI=1S/C23H20N6O3S/c1-14-11-20(28-32-14)25-21(30)13-33-23-27-26-22(18-12-24-19-6-4-3-5-17(18)19)29(23)15-7-9-16(31-2)10-8-15/h3-12,24H,13H2,1-2H3,(H,25,28,30). The number of benzene rings is 2. The number of aromatic amines is 1. The first-order valence-corrected chi connectivity index (χ1v) is 11.1. The Labute approximate surface area is 193 Å². The van der Waals surface area contributed by atoms with Crippen LogP contribution in [0.2, 0.25) is 0 Å². The van der Waals surface area contributed by atoms with Crippen LogP contribution in [0.25, 0.3) is 28.0 Å². The van der Waals surface area contributed by atoms with Crippen LogP contribution in [0.1, 0.15) is 5.76 Å². The number of aromatic nitrogens is 5. The topological polar surface area (TPSA) is 111 Å². The maximum atomic E-state index is 12.4. The van der Waals surface area contributed by atoms with Gasteiger partial charge < -0.3 is 19.6 Å². The minimum atomic E-state index is -0.216. The van der Waals surface area contributed by atoms with Crippen molar-refractivity contribution in [2.75, 3.05) is 18.2 Å². The molecule has 166 valence electrons. The predicted molar refractivity (Wildman–Crippen MR) is 126 cm³/mol. The lowest BCUT2D eigenvalue weighted by Crippen LogP contribution is -2.14. The number of hydrogen-bond acceptors (Lipinski definition) is 7. The molecule has 0 fully saturated rings. The summed E-state index contributed by atoms with van der Waals surface area (Å²) in [5.41, 5.74) is 2.78. The van der Waals surface area contributed by atoms with Crippen LogP contribution in [0.5, 0.6) is 5.75 Å². The van der Waals surface area contributed by atoms with E-state index < -0.39 is 0 Å². The van der Waals surface area contributed by atoms with E-state index in [1.165, 1.54) is 11.8 Å². The second kappa shape index (κ2) is 8.83. The van der Waals surface area contributed by atoms with Crippen molar-refractivity contribution in [3.05, 3.63) is 66.6 Å². The third kappa shape index (κ3) is 4.20. The van der Waals surface area contributed by atoms with Crippen molar-refractivity contribution in [3.63, 3.8) is 0 Å². The number of nitrogens with one attached hydrogen (secondary N) is 2. The van der Waals surface area contributed by atoms with Crippen LogP contribution < -0.4 is 10.1 Å². The number of amides is 1. The van der Waals surface area contributed by atoms with Gasteiger partial charge in [-0.1, -0.05) is 35.1 Å². The lowest BCUT2D eigenvalue weighted by molar-refractivity contribution is -0.113. The number of ether oxygens (including phenoxy) is 1. The molecule has 0 unspecified atom stereocenters. The molecule has 0 aliphatic heterocycles. The van der Waals surface area contributed by atoms with E-state index in [0.29, 0.717) is 22.6 Å². The normalized spacial score (nSPS) is 11.1. The Balaban J connectivity index is 1.49. The third-order valence-electron chi connectivity index (χ3n) is 5.02. The monoisotopic (exact) mass is 460 g/mol. The Morgan fingerprint density at radius 2 is 2.00 bits per heavy atom. The highest BCUT2D eigenvalue weighted by molar-refractivity contribution is 7.99. The maximum Gasteiger partial charge on any atom is 0.236 e. The zero-order valence-electron chi connectivity index (χ0n) is 17.9. The average molecular weight is 461 g/mol. The van der Waals surface area contributed by atoms with Gasteiger partial charge in [0.25, 0.3) is 0 Å². The van der Waals surface area contributed by atoms with Gasteiger partial charge in [0, 0.05) is 34.4 Å². The van der Waals surface area contributed by atoms with Crippen LogP contribution in [-0.2, 0) is 4.79 Å². The first kappa shape index (κ1) is 20.8. The number of fused-ring (bicyclic) bond motifs is 1. The molecule has 0 saturated heterocycles. The molecule has 3 aromatic heterocycles. The minimum Gasteiger partial charge on any atom is -0.497 e. The van der Waals surface area contributed by atoms with Gasteiger partial charge in [-0.05, 0) is 37.3 Å². The van der Waals surface area contributed by atoms with E-state index in [-0.39, 0.29) is 11.7 Å². The first-order chi connectivity index (χ1) is 16.1. The van der Waals surface area contributed by atoms with Gasteiger partial charge in [0.15, 0.2) is 16.8 Å². The molecule has 3 heterocycles. The second-order valence-corrected chi connectivity index (χ2v) is 8.19. The highest BCUT2D eigenvalue weighted by atomic mass is 32.2. The Bertz CT molecular complexity index is 1420. The summed E-state index contributed by atoms with van der Waals surface area (Å²) in [5.74, 6) is 2.35. The number of para-hydroxylation sites is 1. The predicted octanol–water partition coefficient (Wildman–Crippen LogP) is 4.45. The summed E-state index contributed by atoms with van der Waals surface area (Å²) in [5, 5.41) is 17.0. The number of aryl methyl sites for hydroxylation is 1. The number of methoxy groups -OCH3 is 1. The molecule has 0 saturated carbocycles. The molecule has 2 N–H and O–H groups in total. The first-order valence-electron chi connectivity index (χ1n) is 10.1. The number of nitrogens with zero attached hydrogens (tertiary/aromatic N) is 4. The molecule has 0 atom stereocenters. The molecular formula is C23H20N6O3S. The average Bonchev–Trinajstić information content (AvgIpc) is 3.55. The number of anilines is 1. The number of hydrogen-bond donors (Lipinski definition) is 2. The van der Waals surface area contributed by atoms with Gasteiger partial charge in [-0.15, -0.1) is 10.2 Å². The van der Waals surface area contributed by atoms with Crippen molar-refractivity contribution in [2.45, 2.75) is 12.1 Å². The molecule has 33 heavy (non-hydrogen) atoms. The number of rotatable bonds is 7. The van der Waals surface area contributed by atoms with E-state index >= 15 is 0 Å². The summed E-state index contributed by atoms with van der Waals surface area (Å²) in [6, 6.07) is 17.3. The van der Waals surface area contributed by atoms with Gasteiger partial charge in [0.2, 0.25) is 5.91 Å². The molecule has 0 spiro atoms. The zero-order chi connectivity index (χ0) is 22.8. The van der Waals surface area contributed by atoms with Crippen molar-refractivity contribution in [3.8, 4) is 22.8 Å². The van der Waals surface area contributed by atoms with E-state index in [1.54, 1.807) is 20.1 Å². The van der Waals surface area contributed by atoms with Crippen LogP contribution in [0, 0.1) is 6.92 Å². The van der Waals surface area contributed by atoms with Crippen molar-refractivity contribution < 1.29 is 14.1 Å². The fourth-order valence-corrected chi connectivity index (χ4v) is 4.24. The van der Waals surface area contributed by atoms with Gasteiger partial charge in [0.05, 0.1) is 12.9 Å². The molecule has 2 aromatic carbocycles. The number of thioether (sulfide) groups is 1. The molecule has 9 nitrogen and oxygen atoms in total. The van der Waals surface area contributed by atoms with E-state index in [9.17, 15) is 4.79 Å². The number of carbonyl (C=O) groups excluding carboxylic acids is 1. The highest BCUT2D eigenvalue weighted by Crippen LogP contribution is 2.33. The Kier molecular flexibility index (Phi) is 5.57.